The van der Waals surface area contributed by atoms with Gasteiger partial charge in [0.15, 0.2) is 0 Å². The summed E-state index contributed by atoms with van der Waals surface area (Å²) < 4.78 is 0. The molecule has 2 unspecified atom stereocenters. The third kappa shape index (κ3) is 1.99. The van der Waals surface area contributed by atoms with Crippen LogP contribution in [0.4, 0.5) is 0 Å². The van der Waals surface area contributed by atoms with Gasteiger partial charge in [0.25, 0.3) is 0 Å². The summed E-state index contributed by atoms with van der Waals surface area (Å²) in [5, 5.41) is 11.8. The summed E-state index contributed by atoms with van der Waals surface area (Å²) in [6.07, 6.45) is 7.49. The van der Waals surface area contributed by atoms with Crippen LogP contribution < -0.4 is 5.32 Å². The molecule has 0 aromatic carbocycles. The molecule has 0 saturated heterocycles. The molecule has 0 aromatic heterocycles. The van der Waals surface area contributed by atoms with E-state index in [-0.39, 0.29) is 12.0 Å². The number of carboxylic acid groups (broad SMARTS) is 1. The summed E-state index contributed by atoms with van der Waals surface area (Å²) >= 11 is 0. The Kier molecular flexibility index (Phi) is 3.12. The van der Waals surface area contributed by atoms with Crippen molar-refractivity contribution in [3.05, 3.63) is 0 Å². The maximum absolute atomic E-state index is 10.5. The predicted octanol–water partition coefficient (Wildman–Crippen LogP) is 0.462. The van der Waals surface area contributed by atoms with Gasteiger partial charge in [-0.2, -0.15) is 0 Å². The minimum absolute atomic E-state index is 0.149. The Morgan fingerprint density at radius 3 is 2.83 bits per heavy atom. The summed E-state index contributed by atoms with van der Waals surface area (Å²) in [7, 11) is 0. The molecule has 1 aliphatic rings. The van der Waals surface area contributed by atoms with Gasteiger partial charge in [0.1, 0.15) is 0 Å². The van der Waals surface area contributed by atoms with Crippen molar-refractivity contribution in [3.63, 3.8) is 0 Å². The molecule has 12 heavy (non-hydrogen) atoms. The Hall–Kier alpha value is -1.01. The van der Waals surface area contributed by atoms with Gasteiger partial charge in [-0.15, -0.1) is 12.3 Å². The topological polar surface area (TPSA) is 49.3 Å². The minimum Gasteiger partial charge on any atom is -0.481 e. The number of terminal acetylenes is 1. The van der Waals surface area contributed by atoms with Gasteiger partial charge in [0.2, 0.25) is 0 Å². The van der Waals surface area contributed by atoms with E-state index in [0.717, 1.165) is 19.4 Å². The summed E-state index contributed by atoms with van der Waals surface area (Å²) in [5.74, 6) is 1.62. The highest BCUT2D eigenvalue weighted by atomic mass is 16.4. The fourth-order valence-corrected chi connectivity index (χ4v) is 1.37. The molecule has 2 atom stereocenters. The quantitative estimate of drug-likeness (QED) is 0.472. The Labute approximate surface area is 72.2 Å². The second-order valence-corrected chi connectivity index (χ2v) is 3.04. The fraction of sp³-hybridized carbons (Fsp3) is 0.667. The lowest BCUT2D eigenvalue weighted by molar-refractivity contribution is -0.146. The standard InChI is InChI=1S/C9H13NO2/c1-2-3-6-10-8-5-4-7(8)9(11)12/h1,7-8,10H,3-6H2,(H,11,12). The Morgan fingerprint density at radius 2 is 2.42 bits per heavy atom. The lowest BCUT2D eigenvalue weighted by Crippen LogP contribution is -2.47. The highest BCUT2D eigenvalue weighted by Crippen LogP contribution is 2.27. The Bertz CT molecular complexity index is 207. The second kappa shape index (κ2) is 4.13. The first-order valence-electron chi connectivity index (χ1n) is 4.15. The molecule has 1 rings (SSSR count). The number of hydrogen-bond acceptors (Lipinski definition) is 2. The number of hydrogen-bond donors (Lipinski definition) is 2. The van der Waals surface area contributed by atoms with Crippen LogP contribution in [0.25, 0.3) is 0 Å². The summed E-state index contributed by atoms with van der Waals surface area (Å²) in [4.78, 5) is 10.5. The molecule has 3 heteroatoms. The summed E-state index contributed by atoms with van der Waals surface area (Å²) in [6.45, 7) is 0.727. The normalized spacial score (nSPS) is 27.2. The van der Waals surface area contributed by atoms with Gasteiger partial charge in [-0.1, -0.05) is 0 Å². The maximum atomic E-state index is 10.5. The molecule has 1 aliphatic carbocycles. The highest BCUT2D eigenvalue weighted by molar-refractivity contribution is 5.72. The first-order valence-corrected chi connectivity index (χ1v) is 4.15. The zero-order valence-corrected chi connectivity index (χ0v) is 6.92. The van der Waals surface area contributed by atoms with Gasteiger partial charge >= 0.3 is 5.97 Å². The molecule has 0 heterocycles. The lowest BCUT2D eigenvalue weighted by Gasteiger charge is -2.33. The van der Waals surface area contributed by atoms with Crippen molar-refractivity contribution in [3.8, 4) is 12.3 Å². The minimum atomic E-state index is -0.695. The van der Waals surface area contributed by atoms with Crippen molar-refractivity contribution in [2.45, 2.75) is 25.3 Å². The molecule has 0 aliphatic heterocycles. The first-order chi connectivity index (χ1) is 5.75. The van der Waals surface area contributed by atoms with Crippen molar-refractivity contribution in [1.82, 2.24) is 5.32 Å². The van der Waals surface area contributed by atoms with Crippen molar-refractivity contribution >= 4 is 5.97 Å². The molecular weight excluding hydrogens is 154 g/mol. The van der Waals surface area contributed by atoms with Crippen LogP contribution in [0.5, 0.6) is 0 Å². The third-order valence-electron chi connectivity index (χ3n) is 2.27. The number of nitrogens with one attached hydrogen (secondary N) is 1. The first kappa shape index (κ1) is 9.08. The van der Waals surface area contributed by atoms with E-state index in [1.807, 2.05) is 0 Å². The van der Waals surface area contributed by atoms with E-state index >= 15 is 0 Å². The highest BCUT2D eigenvalue weighted by Gasteiger charge is 2.35. The van der Waals surface area contributed by atoms with E-state index in [9.17, 15) is 4.79 Å². The molecular formula is C9H13NO2. The van der Waals surface area contributed by atoms with Gasteiger partial charge in [0, 0.05) is 19.0 Å². The number of aliphatic carboxylic acids is 1. The van der Waals surface area contributed by atoms with Crippen LogP contribution in [0.1, 0.15) is 19.3 Å². The van der Waals surface area contributed by atoms with Gasteiger partial charge in [0.05, 0.1) is 5.92 Å². The van der Waals surface area contributed by atoms with Crippen LogP contribution in [-0.4, -0.2) is 23.7 Å². The van der Waals surface area contributed by atoms with E-state index in [2.05, 4.69) is 11.2 Å². The predicted molar refractivity (Wildman–Crippen MR) is 45.6 cm³/mol. The summed E-state index contributed by atoms with van der Waals surface area (Å²) in [5.41, 5.74) is 0. The van der Waals surface area contributed by atoms with E-state index in [0.29, 0.717) is 6.42 Å². The van der Waals surface area contributed by atoms with Crippen LogP contribution in [-0.2, 0) is 4.79 Å². The van der Waals surface area contributed by atoms with Gasteiger partial charge in [-0.05, 0) is 12.8 Å². The van der Waals surface area contributed by atoms with Crippen LogP contribution >= 0.6 is 0 Å². The monoisotopic (exact) mass is 167 g/mol. The van der Waals surface area contributed by atoms with Crippen LogP contribution in [0, 0.1) is 18.3 Å². The van der Waals surface area contributed by atoms with Crippen LogP contribution in [0.15, 0.2) is 0 Å². The zero-order valence-electron chi connectivity index (χ0n) is 6.92. The second-order valence-electron chi connectivity index (χ2n) is 3.04. The number of carboxylic acids is 1. The largest absolute Gasteiger partial charge is 0.481 e. The molecule has 1 fully saturated rings. The van der Waals surface area contributed by atoms with E-state index in [4.69, 9.17) is 11.5 Å². The molecule has 0 radical (unpaired) electrons. The van der Waals surface area contributed by atoms with E-state index < -0.39 is 5.97 Å². The fourth-order valence-electron chi connectivity index (χ4n) is 1.37. The van der Waals surface area contributed by atoms with E-state index in [1.165, 1.54) is 0 Å². The molecule has 0 amide bonds. The molecule has 0 spiro atoms. The van der Waals surface area contributed by atoms with Crippen molar-refractivity contribution in [2.75, 3.05) is 6.54 Å². The van der Waals surface area contributed by atoms with Gasteiger partial charge in [-0.25, -0.2) is 0 Å². The third-order valence-corrected chi connectivity index (χ3v) is 2.27. The van der Waals surface area contributed by atoms with Crippen molar-refractivity contribution < 1.29 is 9.90 Å². The average molecular weight is 167 g/mol. The average Bonchev–Trinajstić information content (AvgIpc) is 1.94. The van der Waals surface area contributed by atoms with Gasteiger partial charge in [-0.3, -0.25) is 4.79 Å². The SMILES string of the molecule is C#CCCNC1CCC1C(=O)O. The van der Waals surface area contributed by atoms with Crippen molar-refractivity contribution in [1.29, 1.82) is 0 Å². The Morgan fingerprint density at radius 1 is 1.67 bits per heavy atom. The maximum Gasteiger partial charge on any atom is 0.308 e. The smallest absolute Gasteiger partial charge is 0.308 e. The van der Waals surface area contributed by atoms with E-state index in [1.54, 1.807) is 0 Å². The molecule has 66 valence electrons. The molecule has 2 N–H and O–H groups in total. The molecule has 1 saturated carbocycles. The molecule has 0 aromatic rings. The summed E-state index contributed by atoms with van der Waals surface area (Å²) in [6, 6.07) is 0.149. The van der Waals surface area contributed by atoms with Crippen LogP contribution in [0.2, 0.25) is 0 Å². The number of rotatable bonds is 4. The molecule has 3 nitrogen and oxygen atoms in total. The van der Waals surface area contributed by atoms with Gasteiger partial charge < -0.3 is 10.4 Å². The zero-order chi connectivity index (χ0) is 8.97. The lowest BCUT2D eigenvalue weighted by atomic mass is 9.79. The van der Waals surface area contributed by atoms with Crippen molar-refractivity contribution in [2.24, 2.45) is 5.92 Å². The number of carbonyl (C=O) groups is 1. The molecule has 0 bridgehead atoms. The van der Waals surface area contributed by atoms with Crippen LogP contribution in [0.3, 0.4) is 0 Å². The Balaban J connectivity index is 2.17.